The number of rotatable bonds is 3. The zero-order valence-corrected chi connectivity index (χ0v) is 12.5. The van der Waals surface area contributed by atoms with Gasteiger partial charge < -0.3 is 0 Å². The Hall–Kier alpha value is 0.0900. The van der Waals surface area contributed by atoms with Gasteiger partial charge in [0.05, 0.1) is 0 Å². The van der Waals surface area contributed by atoms with E-state index in [1.54, 1.807) is 0 Å². The van der Waals surface area contributed by atoms with E-state index in [0.29, 0.717) is 0 Å². The highest BCUT2D eigenvalue weighted by atomic mass is 35.5. The molecule has 0 heterocycles. The Morgan fingerprint density at radius 2 is 2.06 bits per heavy atom. The van der Waals surface area contributed by atoms with Gasteiger partial charge in [-0.25, -0.2) is 0 Å². The Labute approximate surface area is 124 Å². The van der Waals surface area contributed by atoms with Gasteiger partial charge in [0.2, 0.25) is 0 Å². The summed E-state index contributed by atoms with van der Waals surface area (Å²) in [6.07, 6.45) is 6.36. The van der Waals surface area contributed by atoms with Crippen molar-refractivity contribution >= 4 is 34.8 Å². The standard InChI is InChI=1S/C15H17Cl3/c16-9-15(7-10-1-2-12(15)5-10)8-11-6-13(17)3-4-14(11)18/h3-4,6,10,12H,1-2,5,7-9H2. The molecule has 2 fully saturated rings. The normalized spacial score (nSPS) is 34.2. The van der Waals surface area contributed by atoms with Gasteiger partial charge in [-0.3, -0.25) is 0 Å². The Morgan fingerprint density at radius 1 is 1.22 bits per heavy atom. The molecule has 0 aromatic heterocycles. The summed E-state index contributed by atoms with van der Waals surface area (Å²) in [4.78, 5) is 0. The van der Waals surface area contributed by atoms with Gasteiger partial charge in [-0.15, -0.1) is 11.6 Å². The van der Waals surface area contributed by atoms with Crippen LogP contribution in [0.5, 0.6) is 0 Å². The fourth-order valence-electron chi connectivity index (χ4n) is 4.04. The minimum absolute atomic E-state index is 0.263. The smallest absolute Gasteiger partial charge is 0.0439 e. The van der Waals surface area contributed by atoms with Crippen LogP contribution in [0.3, 0.4) is 0 Å². The van der Waals surface area contributed by atoms with Crippen LogP contribution >= 0.6 is 34.8 Å². The molecule has 18 heavy (non-hydrogen) atoms. The third kappa shape index (κ3) is 2.17. The number of alkyl halides is 1. The molecule has 0 radical (unpaired) electrons. The van der Waals surface area contributed by atoms with E-state index in [9.17, 15) is 0 Å². The summed E-state index contributed by atoms with van der Waals surface area (Å²) in [5.74, 6) is 2.43. The molecule has 0 saturated heterocycles. The van der Waals surface area contributed by atoms with Crippen molar-refractivity contribution in [1.82, 2.24) is 0 Å². The van der Waals surface area contributed by atoms with Crippen molar-refractivity contribution in [3.8, 4) is 0 Å². The van der Waals surface area contributed by atoms with E-state index in [1.807, 2.05) is 18.2 Å². The summed E-state index contributed by atoms with van der Waals surface area (Å²) in [6, 6.07) is 5.75. The van der Waals surface area contributed by atoms with Crippen molar-refractivity contribution in [2.24, 2.45) is 17.3 Å². The van der Waals surface area contributed by atoms with Crippen molar-refractivity contribution in [2.75, 3.05) is 5.88 Å². The molecule has 0 amide bonds. The maximum absolute atomic E-state index is 6.32. The van der Waals surface area contributed by atoms with Crippen LogP contribution < -0.4 is 0 Å². The molecule has 98 valence electrons. The Morgan fingerprint density at radius 3 is 2.67 bits per heavy atom. The predicted octanol–water partition coefficient (Wildman–Crippen LogP) is 5.58. The summed E-state index contributed by atoms with van der Waals surface area (Å²) < 4.78 is 0. The molecule has 3 atom stereocenters. The molecular weight excluding hydrogens is 287 g/mol. The summed E-state index contributed by atoms with van der Waals surface area (Å²) in [7, 11) is 0. The first-order valence-corrected chi connectivity index (χ1v) is 7.92. The van der Waals surface area contributed by atoms with Crippen LogP contribution in [0.4, 0.5) is 0 Å². The Balaban J connectivity index is 1.88. The molecule has 0 spiro atoms. The van der Waals surface area contributed by atoms with Crippen LogP contribution in [0, 0.1) is 17.3 Å². The number of fused-ring (bicyclic) bond motifs is 2. The zero-order valence-electron chi connectivity index (χ0n) is 10.3. The Bertz CT molecular complexity index is 457. The molecule has 3 heteroatoms. The average molecular weight is 304 g/mol. The molecule has 3 unspecified atom stereocenters. The van der Waals surface area contributed by atoms with Crippen molar-refractivity contribution in [3.63, 3.8) is 0 Å². The van der Waals surface area contributed by atoms with Crippen LogP contribution in [-0.2, 0) is 6.42 Å². The lowest BCUT2D eigenvalue weighted by Crippen LogP contribution is -2.32. The highest BCUT2D eigenvalue weighted by Gasteiger charge is 2.50. The van der Waals surface area contributed by atoms with Crippen LogP contribution in [0.15, 0.2) is 18.2 Å². The van der Waals surface area contributed by atoms with E-state index < -0.39 is 0 Å². The van der Waals surface area contributed by atoms with Crippen LogP contribution in [0.2, 0.25) is 10.0 Å². The van der Waals surface area contributed by atoms with Gasteiger partial charge in [-0.05, 0) is 66.7 Å². The summed E-state index contributed by atoms with van der Waals surface area (Å²) in [5, 5.41) is 1.59. The largest absolute Gasteiger partial charge is 0.126 e. The summed E-state index contributed by atoms with van der Waals surface area (Å²) in [5.41, 5.74) is 1.43. The van der Waals surface area contributed by atoms with E-state index >= 15 is 0 Å². The summed E-state index contributed by atoms with van der Waals surface area (Å²) >= 11 is 18.7. The fourth-order valence-corrected chi connectivity index (χ4v) is 4.84. The second-order valence-corrected chi connectivity index (χ2v) is 7.10. The van der Waals surface area contributed by atoms with Crippen LogP contribution in [-0.4, -0.2) is 5.88 Å². The van der Waals surface area contributed by atoms with E-state index in [4.69, 9.17) is 34.8 Å². The third-order valence-corrected chi connectivity index (χ3v) is 6.05. The lowest BCUT2D eigenvalue weighted by molar-refractivity contribution is 0.193. The molecule has 0 nitrogen and oxygen atoms in total. The van der Waals surface area contributed by atoms with Crippen molar-refractivity contribution in [2.45, 2.75) is 32.1 Å². The van der Waals surface area contributed by atoms with Gasteiger partial charge in [-0.2, -0.15) is 0 Å². The maximum Gasteiger partial charge on any atom is 0.0439 e. The fraction of sp³-hybridized carbons (Fsp3) is 0.600. The lowest BCUT2D eigenvalue weighted by Gasteiger charge is -2.36. The monoisotopic (exact) mass is 302 g/mol. The quantitative estimate of drug-likeness (QED) is 0.639. The molecule has 2 saturated carbocycles. The van der Waals surface area contributed by atoms with E-state index in [0.717, 1.165) is 39.7 Å². The second kappa shape index (κ2) is 4.89. The van der Waals surface area contributed by atoms with Gasteiger partial charge in [0, 0.05) is 15.9 Å². The molecule has 1 aromatic carbocycles. The first-order chi connectivity index (χ1) is 8.63. The van der Waals surface area contributed by atoms with Crippen molar-refractivity contribution < 1.29 is 0 Å². The maximum atomic E-state index is 6.32. The van der Waals surface area contributed by atoms with Gasteiger partial charge >= 0.3 is 0 Å². The zero-order chi connectivity index (χ0) is 12.8. The number of benzene rings is 1. The average Bonchev–Trinajstić information content (AvgIpc) is 2.94. The molecule has 0 N–H and O–H groups in total. The molecule has 2 bridgehead atoms. The molecule has 3 rings (SSSR count). The van der Waals surface area contributed by atoms with E-state index in [2.05, 4.69) is 0 Å². The first-order valence-electron chi connectivity index (χ1n) is 6.63. The van der Waals surface area contributed by atoms with Gasteiger partial charge in [0.25, 0.3) is 0 Å². The van der Waals surface area contributed by atoms with Crippen LogP contribution in [0.1, 0.15) is 31.2 Å². The van der Waals surface area contributed by atoms with Crippen LogP contribution in [0.25, 0.3) is 0 Å². The predicted molar refractivity (Wildman–Crippen MR) is 78.8 cm³/mol. The molecule has 1 aromatic rings. The molecule has 2 aliphatic carbocycles. The lowest BCUT2D eigenvalue weighted by atomic mass is 9.71. The highest BCUT2D eigenvalue weighted by Crippen LogP contribution is 2.58. The van der Waals surface area contributed by atoms with Crippen molar-refractivity contribution in [3.05, 3.63) is 33.8 Å². The Kier molecular flexibility index (Phi) is 3.55. The van der Waals surface area contributed by atoms with E-state index in [-0.39, 0.29) is 5.41 Å². The minimum Gasteiger partial charge on any atom is -0.126 e. The number of hydrogen-bond donors (Lipinski definition) is 0. The van der Waals surface area contributed by atoms with Gasteiger partial charge in [0.15, 0.2) is 0 Å². The topological polar surface area (TPSA) is 0 Å². The number of hydrogen-bond acceptors (Lipinski definition) is 0. The SMILES string of the molecule is ClCC1(Cc2cc(Cl)ccc2Cl)CC2CCC1C2. The highest BCUT2D eigenvalue weighted by molar-refractivity contribution is 6.33. The molecule has 2 aliphatic rings. The van der Waals surface area contributed by atoms with E-state index in [1.165, 1.54) is 25.7 Å². The van der Waals surface area contributed by atoms with Gasteiger partial charge in [-0.1, -0.05) is 29.6 Å². The minimum atomic E-state index is 0.263. The first kappa shape index (κ1) is 13.1. The second-order valence-electron chi connectivity index (χ2n) is 5.99. The third-order valence-electron chi connectivity index (χ3n) is 4.92. The molecule has 0 aliphatic heterocycles. The van der Waals surface area contributed by atoms with Crippen molar-refractivity contribution in [1.29, 1.82) is 0 Å². The summed E-state index contributed by atoms with van der Waals surface area (Å²) in [6.45, 7) is 0. The number of halogens is 3. The van der Waals surface area contributed by atoms with Gasteiger partial charge in [0.1, 0.15) is 0 Å². The molecular formula is C15H17Cl3.